The Morgan fingerprint density at radius 2 is 0.824 bits per heavy atom. The summed E-state index contributed by atoms with van der Waals surface area (Å²) in [6.45, 7) is 6.23. The molecule has 0 aromatic rings. The van der Waals surface area contributed by atoms with E-state index < -0.39 is 6.10 Å². The van der Waals surface area contributed by atoms with Gasteiger partial charge in [0.15, 0.2) is 6.10 Å². The second-order valence-corrected chi connectivity index (χ2v) is 12.6. The molecule has 286 valence electrons. The molecular weight excluding hydrogens is 636 g/mol. The van der Waals surface area contributed by atoms with E-state index >= 15 is 0 Å². The Balaban J connectivity index is 4.61. The van der Waals surface area contributed by atoms with Crippen molar-refractivity contribution >= 4 is 17.9 Å². The number of carbonyl (C=O) groups excluding carboxylic acids is 3. The number of ether oxygens (including phenoxy) is 3. The summed E-state index contributed by atoms with van der Waals surface area (Å²) in [4.78, 5) is 37.4. The minimum Gasteiger partial charge on any atom is -0.462 e. The van der Waals surface area contributed by atoms with E-state index in [-0.39, 0.29) is 50.4 Å². The number of esters is 3. The highest BCUT2D eigenvalue weighted by Gasteiger charge is 2.19. The first-order chi connectivity index (χ1) is 25.0. The van der Waals surface area contributed by atoms with Crippen molar-refractivity contribution in [2.24, 2.45) is 0 Å². The summed E-state index contributed by atoms with van der Waals surface area (Å²) in [5.74, 6) is -1.08. The molecule has 6 nitrogen and oxygen atoms in total. The fourth-order valence-electron chi connectivity index (χ4n) is 4.68. The van der Waals surface area contributed by atoms with Gasteiger partial charge in [-0.3, -0.25) is 14.4 Å². The summed E-state index contributed by atoms with van der Waals surface area (Å²) in [7, 11) is 0. The van der Waals surface area contributed by atoms with E-state index in [9.17, 15) is 14.4 Å². The molecule has 0 radical (unpaired) electrons. The second-order valence-electron chi connectivity index (χ2n) is 12.6. The summed E-state index contributed by atoms with van der Waals surface area (Å²) >= 11 is 0. The Morgan fingerprint density at radius 1 is 0.412 bits per heavy atom. The van der Waals surface area contributed by atoms with Gasteiger partial charge in [-0.1, -0.05) is 157 Å². The first kappa shape index (κ1) is 47.3. The highest BCUT2D eigenvalue weighted by Crippen LogP contribution is 2.10. The number of carbonyl (C=O) groups is 3. The number of hydrogen-bond donors (Lipinski definition) is 0. The van der Waals surface area contributed by atoms with E-state index in [1.807, 2.05) is 54.7 Å². The maximum atomic E-state index is 12.6. The van der Waals surface area contributed by atoms with Crippen molar-refractivity contribution in [2.75, 3.05) is 13.2 Å². The minimum absolute atomic E-state index is 0.129. The SMILES string of the molecule is CC\C=C/C=C\C=C/C=C\C=C/CCCC(=O)OCC(COC(=O)CCC/C=C\CCCCCC)OC(=O)CCCCC/C=C\C=C/CCCC. The van der Waals surface area contributed by atoms with Crippen molar-refractivity contribution in [3.8, 4) is 0 Å². The molecule has 0 aromatic heterocycles. The van der Waals surface area contributed by atoms with Crippen molar-refractivity contribution in [3.05, 3.63) is 97.2 Å². The fraction of sp³-hybridized carbons (Fsp3) is 0.578. The molecule has 6 heteroatoms. The van der Waals surface area contributed by atoms with Crippen LogP contribution in [0, 0.1) is 0 Å². The molecule has 0 aliphatic rings. The van der Waals surface area contributed by atoms with Crippen molar-refractivity contribution in [1.29, 1.82) is 0 Å². The van der Waals surface area contributed by atoms with Gasteiger partial charge in [-0.15, -0.1) is 0 Å². The number of unbranched alkanes of at least 4 members (excludes halogenated alkanes) is 11. The molecule has 0 spiro atoms. The first-order valence-electron chi connectivity index (χ1n) is 19.8. The van der Waals surface area contributed by atoms with Gasteiger partial charge >= 0.3 is 17.9 Å². The molecule has 0 fully saturated rings. The molecule has 51 heavy (non-hydrogen) atoms. The van der Waals surface area contributed by atoms with E-state index in [1.54, 1.807) is 0 Å². The van der Waals surface area contributed by atoms with Crippen LogP contribution in [0.3, 0.4) is 0 Å². The fourth-order valence-corrected chi connectivity index (χ4v) is 4.68. The number of hydrogen-bond acceptors (Lipinski definition) is 6. The molecule has 0 saturated heterocycles. The summed E-state index contributed by atoms with van der Waals surface area (Å²) in [5.41, 5.74) is 0. The van der Waals surface area contributed by atoms with Gasteiger partial charge < -0.3 is 14.2 Å². The summed E-state index contributed by atoms with van der Waals surface area (Å²) in [6.07, 6.45) is 49.8. The topological polar surface area (TPSA) is 78.9 Å². The molecule has 0 rings (SSSR count). The van der Waals surface area contributed by atoms with Crippen LogP contribution in [0.2, 0.25) is 0 Å². The first-order valence-corrected chi connectivity index (χ1v) is 19.8. The molecule has 1 atom stereocenters. The Morgan fingerprint density at radius 3 is 1.37 bits per heavy atom. The highest BCUT2D eigenvalue weighted by molar-refractivity contribution is 5.71. The number of allylic oxidation sites excluding steroid dienone is 16. The molecule has 0 aliphatic carbocycles. The summed E-state index contributed by atoms with van der Waals surface area (Å²) in [6, 6.07) is 0. The average molecular weight is 707 g/mol. The Labute approximate surface area is 311 Å². The van der Waals surface area contributed by atoms with Crippen molar-refractivity contribution in [3.63, 3.8) is 0 Å². The van der Waals surface area contributed by atoms with Crippen LogP contribution in [0.15, 0.2) is 97.2 Å². The van der Waals surface area contributed by atoms with E-state index in [2.05, 4.69) is 63.3 Å². The molecular formula is C45H70O6. The Bertz CT molecular complexity index is 1090. The van der Waals surface area contributed by atoms with E-state index in [4.69, 9.17) is 14.2 Å². The predicted octanol–water partition coefficient (Wildman–Crippen LogP) is 12.3. The molecule has 0 amide bonds. The quantitative estimate of drug-likeness (QED) is 0.0222. The van der Waals surface area contributed by atoms with Gasteiger partial charge in [0.2, 0.25) is 0 Å². The summed E-state index contributed by atoms with van der Waals surface area (Å²) < 4.78 is 16.5. The van der Waals surface area contributed by atoms with E-state index in [0.717, 1.165) is 51.4 Å². The maximum Gasteiger partial charge on any atom is 0.306 e. The average Bonchev–Trinajstić information content (AvgIpc) is 3.12. The molecule has 0 aromatic carbocycles. The Hall–Kier alpha value is -3.67. The van der Waals surface area contributed by atoms with Crippen LogP contribution >= 0.6 is 0 Å². The molecule has 0 aliphatic heterocycles. The van der Waals surface area contributed by atoms with Gasteiger partial charge in [0.05, 0.1) is 0 Å². The van der Waals surface area contributed by atoms with Gasteiger partial charge in [0, 0.05) is 19.3 Å². The lowest BCUT2D eigenvalue weighted by atomic mass is 10.1. The zero-order valence-electron chi connectivity index (χ0n) is 32.3. The smallest absolute Gasteiger partial charge is 0.306 e. The lowest BCUT2D eigenvalue weighted by Gasteiger charge is -2.18. The van der Waals surface area contributed by atoms with Gasteiger partial charge in [-0.05, 0) is 70.6 Å². The normalized spacial score (nSPS) is 13.1. The molecule has 0 N–H and O–H groups in total. The maximum absolute atomic E-state index is 12.6. The zero-order chi connectivity index (χ0) is 37.3. The number of rotatable bonds is 33. The highest BCUT2D eigenvalue weighted by atomic mass is 16.6. The summed E-state index contributed by atoms with van der Waals surface area (Å²) in [5, 5.41) is 0. The zero-order valence-corrected chi connectivity index (χ0v) is 32.3. The molecule has 1 unspecified atom stereocenters. The van der Waals surface area contributed by atoms with Crippen LogP contribution in [0.1, 0.15) is 149 Å². The van der Waals surface area contributed by atoms with E-state index in [0.29, 0.717) is 19.3 Å². The van der Waals surface area contributed by atoms with Crippen LogP contribution in [0.4, 0.5) is 0 Å². The standard InChI is InChI=1S/C45H70O6/c1-4-7-10-13-16-19-21-22-24-26-29-32-35-38-44(47)50-41-42(40-49-43(46)37-34-31-28-25-18-15-12-9-6-3)51-45(48)39-36-33-30-27-23-20-17-14-11-8-5-2/h7,10,13-14,16-17,19-26,28-29,42H,4-6,8-9,11-12,15,18,27,30-41H2,1-3H3/b10-7-,16-13-,17-14-,21-19-,23-20-,24-22-,28-25-,29-26-. The molecule has 0 heterocycles. The lowest BCUT2D eigenvalue weighted by molar-refractivity contribution is -0.167. The Kier molecular flexibility index (Phi) is 36.3. The molecule has 0 saturated carbocycles. The third-order valence-electron chi connectivity index (χ3n) is 7.70. The van der Waals surface area contributed by atoms with E-state index in [1.165, 1.54) is 38.5 Å². The second kappa shape index (κ2) is 39.1. The van der Waals surface area contributed by atoms with Gasteiger partial charge in [-0.25, -0.2) is 0 Å². The monoisotopic (exact) mass is 707 g/mol. The molecule has 0 bridgehead atoms. The lowest BCUT2D eigenvalue weighted by Crippen LogP contribution is -2.30. The largest absolute Gasteiger partial charge is 0.462 e. The van der Waals surface area contributed by atoms with Gasteiger partial charge in [0.1, 0.15) is 13.2 Å². The van der Waals surface area contributed by atoms with Crippen LogP contribution in [-0.2, 0) is 28.6 Å². The van der Waals surface area contributed by atoms with Crippen LogP contribution < -0.4 is 0 Å². The third kappa shape index (κ3) is 37.4. The predicted molar refractivity (Wildman–Crippen MR) is 214 cm³/mol. The van der Waals surface area contributed by atoms with Gasteiger partial charge in [-0.2, -0.15) is 0 Å². The van der Waals surface area contributed by atoms with Crippen molar-refractivity contribution < 1.29 is 28.6 Å². The van der Waals surface area contributed by atoms with Gasteiger partial charge in [0.25, 0.3) is 0 Å². The van der Waals surface area contributed by atoms with Crippen LogP contribution in [0.25, 0.3) is 0 Å². The minimum atomic E-state index is -0.827. The van der Waals surface area contributed by atoms with Crippen molar-refractivity contribution in [2.45, 2.75) is 155 Å². The van der Waals surface area contributed by atoms with Crippen LogP contribution in [-0.4, -0.2) is 37.2 Å². The van der Waals surface area contributed by atoms with Crippen LogP contribution in [0.5, 0.6) is 0 Å². The third-order valence-corrected chi connectivity index (χ3v) is 7.70. The van der Waals surface area contributed by atoms with Crippen molar-refractivity contribution in [1.82, 2.24) is 0 Å².